The number of hydrogen-bond acceptors (Lipinski definition) is 4. The van der Waals surface area contributed by atoms with Gasteiger partial charge in [-0.3, -0.25) is 0 Å². The van der Waals surface area contributed by atoms with Crippen molar-refractivity contribution in [2.24, 2.45) is 11.3 Å². The lowest BCUT2D eigenvalue weighted by Gasteiger charge is -2.30. The third-order valence-corrected chi connectivity index (χ3v) is 5.61. The summed E-state index contributed by atoms with van der Waals surface area (Å²) in [6, 6.07) is 8.61. The molecule has 0 radical (unpaired) electrons. The maximum atomic E-state index is 12.9. The summed E-state index contributed by atoms with van der Waals surface area (Å²) in [5.41, 5.74) is -1.44. The molecule has 1 aromatic rings. The first-order valence-corrected chi connectivity index (χ1v) is 8.61. The highest BCUT2D eigenvalue weighted by Crippen LogP contribution is 2.50. The first-order chi connectivity index (χ1) is 10.2. The third kappa shape index (κ3) is 4.22. The third-order valence-electron chi connectivity index (χ3n) is 3.61. The van der Waals surface area contributed by atoms with E-state index in [1.54, 1.807) is 24.3 Å². The van der Waals surface area contributed by atoms with Gasteiger partial charge in [0.1, 0.15) is 0 Å². The Bertz CT molecular complexity index is 515. The van der Waals surface area contributed by atoms with Crippen molar-refractivity contribution in [3.05, 3.63) is 35.9 Å². The molecule has 0 saturated heterocycles. The summed E-state index contributed by atoms with van der Waals surface area (Å²) in [5, 5.41) is 0. The van der Waals surface area contributed by atoms with Crippen molar-refractivity contribution >= 4 is 13.3 Å². The fourth-order valence-corrected chi connectivity index (χ4v) is 4.23. The topological polar surface area (TPSA) is 52.6 Å². The highest BCUT2D eigenvalue weighted by atomic mass is 31.1. The van der Waals surface area contributed by atoms with Crippen LogP contribution in [-0.2, 0) is 14.0 Å². The molecular formula is C17H26O4P+. The SMILES string of the molecule is COC(OC)(C(C)CC(C)(C)C)[P+](=O)C(=O)c1ccccc1. The van der Waals surface area contributed by atoms with Crippen LogP contribution in [0.2, 0.25) is 0 Å². The van der Waals surface area contributed by atoms with Gasteiger partial charge in [0.25, 0.3) is 0 Å². The van der Waals surface area contributed by atoms with Crippen LogP contribution < -0.4 is 0 Å². The summed E-state index contributed by atoms with van der Waals surface area (Å²) in [5.74, 6) is -0.196. The standard InChI is InChI=1S/C17H26O4P/c1-13(12-16(2,3)4)17(20-5,21-6)22(19)15(18)14-10-8-7-9-11-14/h7-11,13H,12H2,1-6H3/q+1. The molecule has 1 aromatic carbocycles. The van der Waals surface area contributed by atoms with Crippen LogP contribution in [0.15, 0.2) is 30.3 Å². The summed E-state index contributed by atoms with van der Waals surface area (Å²) in [7, 11) is 0.486. The van der Waals surface area contributed by atoms with Crippen molar-refractivity contribution in [3.63, 3.8) is 0 Å². The number of rotatable bonds is 7. The molecule has 0 saturated carbocycles. The number of carbonyl (C=O) groups excluding carboxylic acids is 1. The minimum Gasteiger partial charge on any atom is -0.313 e. The fraction of sp³-hybridized carbons (Fsp3) is 0.588. The van der Waals surface area contributed by atoms with Crippen molar-refractivity contribution in [3.8, 4) is 0 Å². The van der Waals surface area contributed by atoms with Crippen LogP contribution >= 0.6 is 7.80 Å². The van der Waals surface area contributed by atoms with Crippen molar-refractivity contribution in [1.29, 1.82) is 0 Å². The minimum absolute atomic E-state index is 0.00763. The Morgan fingerprint density at radius 3 is 2.05 bits per heavy atom. The Morgan fingerprint density at radius 2 is 1.64 bits per heavy atom. The predicted molar refractivity (Wildman–Crippen MR) is 88.4 cm³/mol. The van der Waals surface area contributed by atoms with Gasteiger partial charge in [0.2, 0.25) is 0 Å². The lowest BCUT2D eigenvalue weighted by atomic mass is 9.85. The van der Waals surface area contributed by atoms with Crippen LogP contribution in [0.4, 0.5) is 0 Å². The molecule has 2 unspecified atom stereocenters. The van der Waals surface area contributed by atoms with Crippen molar-refractivity contribution in [1.82, 2.24) is 0 Å². The van der Waals surface area contributed by atoms with Gasteiger partial charge >= 0.3 is 18.9 Å². The lowest BCUT2D eigenvalue weighted by Crippen LogP contribution is -2.40. The molecule has 0 N–H and O–H groups in total. The van der Waals surface area contributed by atoms with E-state index in [4.69, 9.17) is 9.47 Å². The monoisotopic (exact) mass is 325 g/mol. The van der Waals surface area contributed by atoms with E-state index >= 15 is 0 Å². The van der Waals surface area contributed by atoms with E-state index in [9.17, 15) is 9.36 Å². The van der Waals surface area contributed by atoms with Crippen LogP contribution in [-0.4, -0.2) is 25.3 Å². The summed E-state index contributed by atoms with van der Waals surface area (Å²) in [6.07, 6.45) is 0.720. The number of benzene rings is 1. The van der Waals surface area contributed by atoms with E-state index in [0.717, 1.165) is 6.42 Å². The summed E-state index contributed by atoms with van der Waals surface area (Å²) < 4.78 is 23.8. The van der Waals surface area contributed by atoms with Crippen LogP contribution in [0.25, 0.3) is 0 Å². The van der Waals surface area contributed by atoms with Gasteiger partial charge in [-0.1, -0.05) is 50.5 Å². The van der Waals surface area contributed by atoms with Crippen LogP contribution in [0.3, 0.4) is 0 Å². The molecule has 4 nitrogen and oxygen atoms in total. The van der Waals surface area contributed by atoms with Gasteiger partial charge in [0.15, 0.2) is 0 Å². The molecule has 0 aromatic heterocycles. The largest absolute Gasteiger partial charge is 0.486 e. The zero-order chi connectivity index (χ0) is 17.0. The van der Waals surface area contributed by atoms with Gasteiger partial charge in [0, 0.05) is 14.2 Å². The van der Waals surface area contributed by atoms with E-state index in [1.165, 1.54) is 14.2 Å². The highest BCUT2D eigenvalue weighted by Gasteiger charge is 2.60. The molecule has 122 valence electrons. The smallest absolute Gasteiger partial charge is 0.313 e. The molecule has 5 heteroatoms. The average Bonchev–Trinajstić information content (AvgIpc) is 2.47. The maximum absolute atomic E-state index is 12.9. The molecular weight excluding hydrogens is 299 g/mol. The van der Waals surface area contributed by atoms with Gasteiger partial charge in [-0.15, -0.1) is 0 Å². The lowest BCUT2D eigenvalue weighted by molar-refractivity contribution is -0.176. The number of hydrogen-bond donors (Lipinski definition) is 0. The van der Waals surface area contributed by atoms with Gasteiger partial charge < -0.3 is 9.47 Å². The second-order valence-corrected chi connectivity index (χ2v) is 8.29. The Hall–Kier alpha value is -1.09. The molecule has 0 aliphatic rings. The van der Waals surface area contributed by atoms with Gasteiger partial charge in [-0.25, -0.2) is 4.79 Å². The number of carbonyl (C=O) groups is 1. The highest BCUT2D eigenvalue weighted by molar-refractivity contribution is 7.65. The van der Waals surface area contributed by atoms with Crippen LogP contribution in [0, 0.1) is 11.3 Å². The van der Waals surface area contributed by atoms with E-state index in [-0.39, 0.29) is 11.3 Å². The summed E-state index contributed by atoms with van der Waals surface area (Å²) in [6.45, 7) is 8.17. The van der Waals surface area contributed by atoms with Gasteiger partial charge in [-0.05, 0) is 24.0 Å². The van der Waals surface area contributed by atoms with Crippen molar-refractivity contribution < 1.29 is 18.8 Å². The summed E-state index contributed by atoms with van der Waals surface area (Å²) in [4.78, 5) is 12.5. The molecule has 0 heterocycles. The van der Waals surface area contributed by atoms with Gasteiger partial charge in [0.05, 0.1) is 11.5 Å². The molecule has 0 aliphatic carbocycles. The first-order valence-electron chi connectivity index (χ1n) is 7.35. The molecule has 0 bridgehead atoms. The van der Waals surface area contributed by atoms with E-state index in [2.05, 4.69) is 20.8 Å². The number of methoxy groups -OCH3 is 2. The zero-order valence-corrected chi connectivity index (χ0v) is 15.1. The Kier molecular flexibility index (Phi) is 6.42. The average molecular weight is 325 g/mol. The molecule has 2 atom stereocenters. The van der Waals surface area contributed by atoms with Crippen molar-refractivity contribution in [2.45, 2.75) is 39.6 Å². The number of ether oxygens (including phenoxy) is 2. The predicted octanol–water partition coefficient (Wildman–Crippen LogP) is 4.67. The second kappa shape index (κ2) is 7.45. The normalized spacial score (nSPS) is 14.5. The Morgan fingerprint density at radius 1 is 1.14 bits per heavy atom. The van der Waals surface area contributed by atoms with E-state index in [0.29, 0.717) is 5.56 Å². The molecule has 0 amide bonds. The van der Waals surface area contributed by atoms with E-state index in [1.807, 2.05) is 13.0 Å². The Balaban J connectivity index is 3.13. The van der Waals surface area contributed by atoms with Crippen molar-refractivity contribution in [2.75, 3.05) is 14.2 Å². The maximum Gasteiger partial charge on any atom is 0.486 e. The fourth-order valence-electron chi connectivity index (χ4n) is 2.74. The van der Waals surface area contributed by atoms with Crippen LogP contribution in [0.1, 0.15) is 44.5 Å². The minimum atomic E-state index is -2.39. The molecule has 22 heavy (non-hydrogen) atoms. The quantitative estimate of drug-likeness (QED) is 0.540. The molecule has 0 aliphatic heterocycles. The Labute approximate surface area is 134 Å². The summed E-state index contributed by atoms with van der Waals surface area (Å²) >= 11 is 0. The first kappa shape index (κ1) is 19.0. The molecule has 0 fully saturated rings. The van der Waals surface area contributed by atoms with E-state index < -0.39 is 18.9 Å². The van der Waals surface area contributed by atoms with Crippen LogP contribution in [0.5, 0.6) is 0 Å². The molecule has 1 rings (SSSR count). The second-order valence-electron chi connectivity index (χ2n) is 6.67. The van der Waals surface area contributed by atoms with Gasteiger partial charge in [-0.2, -0.15) is 0 Å². The molecule has 0 spiro atoms. The zero-order valence-electron chi connectivity index (χ0n) is 14.3.